The van der Waals surface area contributed by atoms with E-state index in [1.54, 1.807) is 0 Å². The van der Waals surface area contributed by atoms with Crippen LogP contribution in [0.3, 0.4) is 0 Å². The fourth-order valence-corrected chi connectivity index (χ4v) is 2.39. The number of aromatic nitrogens is 2. The summed E-state index contributed by atoms with van der Waals surface area (Å²) in [6.07, 6.45) is 8.93. The van der Waals surface area contributed by atoms with Crippen LogP contribution in [0.4, 0.5) is 0 Å². The molecule has 1 saturated heterocycles. The molecule has 0 aliphatic carbocycles. The first kappa shape index (κ1) is 12.6. The van der Waals surface area contributed by atoms with Crippen LogP contribution in [-0.2, 0) is 18.3 Å². The molecule has 1 aromatic heterocycles. The van der Waals surface area contributed by atoms with Gasteiger partial charge in [-0.2, -0.15) is 0 Å². The molecular weight excluding hydrogens is 214 g/mol. The molecule has 2 unspecified atom stereocenters. The Morgan fingerprint density at radius 1 is 1.59 bits per heavy atom. The average molecular weight is 237 g/mol. The first-order chi connectivity index (χ1) is 8.29. The predicted octanol–water partition coefficient (Wildman–Crippen LogP) is 1.86. The van der Waals surface area contributed by atoms with Gasteiger partial charge in [0.1, 0.15) is 5.82 Å². The van der Waals surface area contributed by atoms with Crippen molar-refractivity contribution in [2.75, 3.05) is 6.61 Å². The molecule has 2 atom stereocenters. The number of hydrogen-bond acceptors (Lipinski definition) is 3. The SMILES string of the molecule is CCCC1CC(NCc2nccn2C)CCO1. The molecule has 0 bridgehead atoms. The van der Waals surface area contributed by atoms with Crippen LogP contribution in [-0.4, -0.2) is 28.3 Å². The maximum atomic E-state index is 5.75. The van der Waals surface area contributed by atoms with Crippen LogP contribution < -0.4 is 5.32 Å². The fourth-order valence-electron chi connectivity index (χ4n) is 2.39. The van der Waals surface area contributed by atoms with Crippen molar-refractivity contribution < 1.29 is 4.74 Å². The third-order valence-corrected chi connectivity index (χ3v) is 3.45. The van der Waals surface area contributed by atoms with E-state index < -0.39 is 0 Å². The molecule has 0 aromatic carbocycles. The quantitative estimate of drug-likeness (QED) is 0.849. The van der Waals surface area contributed by atoms with E-state index in [0.29, 0.717) is 12.1 Å². The predicted molar refractivity (Wildman–Crippen MR) is 67.7 cm³/mol. The number of imidazole rings is 1. The molecule has 1 aliphatic rings. The minimum atomic E-state index is 0.452. The van der Waals surface area contributed by atoms with E-state index in [-0.39, 0.29) is 0 Å². The Bertz CT molecular complexity index is 335. The van der Waals surface area contributed by atoms with Crippen LogP contribution in [0.15, 0.2) is 12.4 Å². The monoisotopic (exact) mass is 237 g/mol. The van der Waals surface area contributed by atoms with Crippen molar-refractivity contribution in [3.8, 4) is 0 Å². The van der Waals surface area contributed by atoms with E-state index in [1.165, 1.54) is 12.8 Å². The van der Waals surface area contributed by atoms with E-state index in [0.717, 1.165) is 31.8 Å². The summed E-state index contributed by atoms with van der Waals surface area (Å²) in [6, 6.07) is 0.581. The van der Waals surface area contributed by atoms with Crippen molar-refractivity contribution >= 4 is 0 Å². The van der Waals surface area contributed by atoms with Gasteiger partial charge in [-0.15, -0.1) is 0 Å². The summed E-state index contributed by atoms with van der Waals surface area (Å²) in [4.78, 5) is 4.32. The molecule has 96 valence electrons. The molecule has 17 heavy (non-hydrogen) atoms. The van der Waals surface area contributed by atoms with Gasteiger partial charge in [-0.3, -0.25) is 0 Å². The van der Waals surface area contributed by atoms with Crippen LogP contribution in [0.25, 0.3) is 0 Å². The summed E-state index contributed by atoms with van der Waals surface area (Å²) in [6.45, 7) is 3.96. The highest BCUT2D eigenvalue weighted by Crippen LogP contribution is 2.18. The zero-order chi connectivity index (χ0) is 12.1. The Kier molecular flexibility index (Phi) is 4.57. The zero-order valence-electron chi connectivity index (χ0n) is 10.9. The first-order valence-electron chi connectivity index (χ1n) is 6.60. The van der Waals surface area contributed by atoms with Crippen molar-refractivity contribution in [2.24, 2.45) is 7.05 Å². The molecule has 4 heteroatoms. The molecular formula is C13H23N3O. The van der Waals surface area contributed by atoms with Gasteiger partial charge in [-0.05, 0) is 19.3 Å². The second-order valence-electron chi connectivity index (χ2n) is 4.84. The van der Waals surface area contributed by atoms with E-state index in [4.69, 9.17) is 4.74 Å². The van der Waals surface area contributed by atoms with Crippen molar-refractivity contribution in [3.63, 3.8) is 0 Å². The average Bonchev–Trinajstić information content (AvgIpc) is 2.73. The highest BCUT2D eigenvalue weighted by atomic mass is 16.5. The molecule has 2 rings (SSSR count). The van der Waals surface area contributed by atoms with Gasteiger partial charge in [0, 0.05) is 32.1 Å². The van der Waals surface area contributed by atoms with Crippen molar-refractivity contribution in [2.45, 2.75) is 51.3 Å². The summed E-state index contributed by atoms with van der Waals surface area (Å²) in [5.74, 6) is 1.10. The minimum Gasteiger partial charge on any atom is -0.378 e. The van der Waals surface area contributed by atoms with E-state index in [2.05, 4.69) is 21.8 Å². The maximum Gasteiger partial charge on any atom is 0.122 e. The van der Waals surface area contributed by atoms with E-state index in [9.17, 15) is 0 Å². The molecule has 1 aliphatic heterocycles. The summed E-state index contributed by atoms with van der Waals surface area (Å²) < 4.78 is 7.81. The lowest BCUT2D eigenvalue weighted by Crippen LogP contribution is -2.39. The van der Waals surface area contributed by atoms with Crippen molar-refractivity contribution in [1.82, 2.24) is 14.9 Å². The molecule has 2 heterocycles. The lowest BCUT2D eigenvalue weighted by atomic mass is 10.0. The standard InChI is InChI=1S/C13H23N3O/c1-3-4-12-9-11(5-8-17-12)15-10-13-14-6-7-16(13)2/h6-7,11-12,15H,3-5,8-10H2,1-2H3. The number of aryl methyl sites for hydroxylation is 1. The van der Waals surface area contributed by atoms with Gasteiger partial charge in [-0.1, -0.05) is 13.3 Å². The Morgan fingerprint density at radius 2 is 2.47 bits per heavy atom. The van der Waals surface area contributed by atoms with Gasteiger partial charge in [0.15, 0.2) is 0 Å². The van der Waals surface area contributed by atoms with Gasteiger partial charge >= 0.3 is 0 Å². The van der Waals surface area contributed by atoms with Crippen LogP contribution in [0, 0.1) is 0 Å². The zero-order valence-corrected chi connectivity index (χ0v) is 10.9. The summed E-state index contributed by atoms with van der Waals surface area (Å²) >= 11 is 0. The highest BCUT2D eigenvalue weighted by Gasteiger charge is 2.21. The molecule has 0 saturated carbocycles. The maximum absolute atomic E-state index is 5.75. The van der Waals surface area contributed by atoms with Gasteiger partial charge in [-0.25, -0.2) is 4.98 Å². The molecule has 0 amide bonds. The lowest BCUT2D eigenvalue weighted by molar-refractivity contribution is -0.00355. The van der Waals surface area contributed by atoms with Gasteiger partial charge < -0.3 is 14.6 Å². The number of hydrogen-bond donors (Lipinski definition) is 1. The topological polar surface area (TPSA) is 39.1 Å². The van der Waals surface area contributed by atoms with Crippen LogP contribution in [0.2, 0.25) is 0 Å². The minimum absolute atomic E-state index is 0.452. The summed E-state index contributed by atoms with van der Waals surface area (Å²) in [7, 11) is 2.04. The van der Waals surface area contributed by atoms with Gasteiger partial charge in [0.2, 0.25) is 0 Å². The van der Waals surface area contributed by atoms with Crippen molar-refractivity contribution in [3.05, 3.63) is 18.2 Å². The third-order valence-electron chi connectivity index (χ3n) is 3.45. The molecule has 0 radical (unpaired) electrons. The Hall–Kier alpha value is -0.870. The molecule has 4 nitrogen and oxygen atoms in total. The van der Waals surface area contributed by atoms with Crippen LogP contribution in [0.5, 0.6) is 0 Å². The second kappa shape index (κ2) is 6.17. The lowest BCUT2D eigenvalue weighted by Gasteiger charge is -2.30. The summed E-state index contributed by atoms with van der Waals surface area (Å²) in [5.41, 5.74) is 0. The van der Waals surface area contributed by atoms with Gasteiger partial charge in [0.25, 0.3) is 0 Å². The Morgan fingerprint density at radius 3 is 3.18 bits per heavy atom. The second-order valence-corrected chi connectivity index (χ2v) is 4.84. The van der Waals surface area contributed by atoms with Gasteiger partial charge in [0.05, 0.1) is 12.6 Å². The largest absolute Gasteiger partial charge is 0.378 e. The smallest absolute Gasteiger partial charge is 0.122 e. The van der Waals surface area contributed by atoms with Crippen LogP contribution >= 0.6 is 0 Å². The van der Waals surface area contributed by atoms with Crippen LogP contribution in [0.1, 0.15) is 38.4 Å². The normalized spacial score (nSPS) is 25.1. The summed E-state index contributed by atoms with van der Waals surface area (Å²) in [5, 5.41) is 3.59. The number of nitrogens with one attached hydrogen (secondary N) is 1. The first-order valence-corrected chi connectivity index (χ1v) is 6.60. The number of nitrogens with zero attached hydrogens (tertiary/aromatic N) is 2. The third kappa shape index (κ3) is 3.54. The molecule has 1 fully saturated rings. The Balaban J connectivity index is 1.77. The molecule has 1 N–H and O–H groups in total. The van der Waals surface area contributed by atoms with E-state index in [1.807, 2.05) is 19.4 Å². The number of rotatable bonds is 5. The highest BCUT2D eigenvalue weighted by molar-refractivity contribution is 4.91. The van der Waals surface area contributed by atoms with E-state index >= 15 is 0 Å². The molecule has 1 aromatic rings. The molecule has 0 spiro atoms. The number of ether oxygens (including phenoxy) is 1. The van der Waals surface area contributed by atoms with Crippen molar-refractivity contribution in [1.29, 1.82) is 0 Å². The fraction of sp³-hybridized carbons (Fsp3) is 0.769. The Labute approximate surface area is 103 Å².